The summed E-state index contributed by atoms with van der Waals surface area (Å²) in [6, 6.07) is 7.44. The van der Waals surface area contributed by atoms with Crippen molar-refractivity contribution in [1.29, 1.82) is 0 Å². The van der Waals surface area contributed by atoms with Crippen LogP contribution in [0.4, 0.5) is 11.5 Å². The van der Waals surface area contributed by atoms with E-state index in [2.05, 4.69) is 14.9 Å². The van der Waals surface area contributed by atoms with Crippen LogP contribution in [0.2, 0.25) is 0 Å². The number of carbonyl (C=O) groups excluding carboxylic acids is 1. The largest absolute Gasteiger partial charge is 0.357 e. The van der Waals surface area contributed by atoms with Crippen molar-refractivity contribution in [3.05, 3.63) is 48.4 Å². The van der Waals surface area contributed by atoms with Crippen molar-refractivity contribution in [3.8, 4) is 0 Å². The second-order valence-electron chi connectivity index (χ2n) is 5.17. The van der Waals surface area contributed by atoms with Crippen molar-refractivity contribution < 1.29 is 4.79 Å². The van der Waals surface area contributed by atoms with Crippen molar-refractivity contribution >= 4 is 17.4 Å². The fraction of sp³-hybridized carbons (Fsp3) is 0.312. The highest BCUT2D eigenvalue weighted by molar-refractivity contribution is 6.05. The van der Waals surface area contributed by atoms with Crippen LogP contribution < -0.4 is 9.80 Å². The predicted octanol–water partition coefficient (Wildman–Crippen LogP) is 2.35. The van der Waals surface area contributed by atoms with Gasteiger partial charge in [-0.25, -0.2) is 4.98 Å². The minimum absolute atomic E-state index is 0.0801. The first kappa shape index (κ1) is 13.5. The van der Waals surface area contributed by atoms with Gasteiger partial charge in [0.05, 0.1) is 17.4 Å². The molecule has 0 aromatic carbocycles. The average Bonchev–Trinajstić information content (AvgIpc) is 3.09. The number of anilines is 2. The van der Waals surface area contributed by atoms with E-state index in [0.29, 0.717) is 5.56 Å². The number of pyridine rings is 2. The van der Waals surface area contributed by atoms with Crippen LogP contribution in [0, 0.1) is 0 Å². The number of nitrogens with zero attached hydrogens (tertiary/aromatic N) is 4. The molecule has 5 heteroatoms. The van der Waals surface area contributed by atoms with E-state index in [1.165, 1.54) is 12.8 Å². The Hall–Kier alpha value is -2.43. The molecule has 108 valence electrons. The SMILES string of the molecule is CN(C(=O)c1ccc(N2CCCC2)nc1)c1cccnc1. The molecule has 0 bridgehead atoms. The number of aromatic nitrogens is 2. The lowest BCUT2D eigenvalue weighted by Gasteiger charge is -2.18. The molecule has 1 aliphatic rings. The van der Waals surface area contributed by atoms with Crippen molar-refractivity contribution in [3.63, 3.8) is 0 Å². The summed E-state index contributed by atoms with van der Waals surface area (Å²) in [6.07, 6.45) is 7.44. The molecule has 5 nitrogen and oxygen atoms in total. The van der Waals surface area contributed by atoms with Crippen molar-refractivity contribution in [2.24, 2.45) is 0 Å². The lowest BCUT2D eigenvalue weighted by Crippen LogP contribution is -2.26. The van der Waals surface area contributed by atoms with E-state index >= 15 is 0 Å². The molecule has 3 rings (SSSR count). The lowest BCUT2D eigenvalue weighted by molar-refractivity contribution is 0.0992. The van der Waals surface area contributed by atoms with Crippen LogP contribution in [0.3, 0.4) is 0 Å². The van der Waals surface area contributed by atoms with Crippen LogP contribution in [-0.4, -0.2) is 36.0 Å². The minimum Gasteiger partial charge on any atom is -0.357 e. The summed E-state index contributed by atoms with van der Waals surface area (Å²) >= 11 is 0. The normalized spacial score (nSPS) is 14.2. The molecule has 0 N–H and O–H groups in total. The van der Waals surface area contributed by atoms with E-state index in [9.17, 15) is 4.79 Å². The van der Waals surface area contributed by atoms with E-state index in [1.54, 1.807) is 30.5 Å². The molecule has 0 unspecified atom stereocenters. The Labute approximate surface area is 124 Å². The quantitative estimate of drug-likeness (QED) is 0.867. The van der Waals surface area contributed by atoms with E-state index in [1.807, 2.05) is 24.3 Å². The lowest BCUT2D eigenvalue weighted by atomic mass is 10.2. The first-order valence-corrected chi connectivity index (χ1v) is 7.15. The molecule has 1 fully saturated rings. The summed E-state index contributed by atoms with van der Waals surface area (Å²) in [5.41, 5.74) is 1.36. The van der Waals surface area contributed by atoms with Crippen LogP contribution in [0.15, 0.2) is 42.9 Å². The molecule has 1 amide bonds. The third kappa shape index (κ3) is 2.86. The summed E-state index contributed by atoms with van der Waals surface area (Å²) in [7, 11) is 1.74. The Morgan fingerprint density at radius 3 is 2.62 bits per heavy atom. The van der Waals surface area contributed by atoms with E-state index in [0.717, 1.165) is 24.6 Å². The molecule has 21 heavy (non-hydrogen) atoms. The Morgan fingerprint density at radius 2 is 2.00 bits per heavy atom. The third-order valence-electron chi connectivity index (χ3n) is 3.76. The molecule has 0 radical (unpaired) electrons. The number of amides is 1. The predicted molar refractivity (Wildman–Crippen MR) is 82.7 cm³/mol. The van der Waals surface area contributed by atoms with Crippen LogP contribution in [0.1, 0.15) is 23.2 Å². The van der Waals surface area contributed by atoms with Gasteiger partial charge in [0.15, 0.2) is 0 Å². The Morgan fingerprint density at radius 1 is 1.19 bits per heavy atom. The van der Waals surface area contributed by atoms with Crippen LogP contribution in [0.25, 0.3) is 0 Å². The van der Waals surface area contributed by atoms with Crippen LogP contribution >= 0.6 is 0 Å². The van der Waals surface area contributed by atoms with Gasteiger partial charge in [-0.05, 0) is 37.1 Å². The summed E-state index contributed by atoms with van der Waals surface area (Å²) in [4.78, 5) is 24.7. The zero-order valence-corrected chi connectivity index (χ0v) is 12.1. The van der Waals surface area contributed by atoms with Gasteiger partial charge in [-0.2, -0.15) is 0 Å². The molecule has 0 spiro atoms. The molecule has 2 aromatic heterocycles. The number of carbonyl (C=O) groups is 1. The number of hydrogen-bond acceptors (Lipinski definition) is 4. The fourth-order valence-electron chi connectivity index (χ4n) is 2.51. The maximum atomic E-state index is 12.4. The van der Waals surface area contributed by atoms with Gasteiger partial charge in [0.2, 0.25) is 0 Å². The monoisotopic (exact) mass is 282 g/mol. The summed E-state index contributed by atoms with van der Waals surface area (Å²) in [6.45, 7) is 2.10. The van der Waals surface area contributed by atoms with Gasteiger partial charge < -0.3 is 9.80 Å². The second kappa shape index (κ2) is 5.91. The van der Waals surface area contributed by atoms with Gasteiger partial charge in [0.1, 0.15) is 5.82 Å². The van der Waals surface area contributed by atoms with Gasteiger partial charge in [0.25, 0.3) is 5.91 Å². The number of hydrogen-bond donors (Lipinski definition) is 0. The van der Waals surface area contributed by atoms with Crippen molar-refractivity contribution in [1.82, 2.24) is 9.97 Å². The third-order valence-corrected chi connectivity index (χ3v) is 3.76. The maximum Gasteiger partial charge on any atom is 0.259 e. The topological polar surface area (TPSA) is 49.3 Å². The van der Waals surface area contributed by atoms with E-state index < -0.39 is 0 Å². The highest BCUT2D eigenvalue weighted by Crippen LogP contribution is 2.19. The van der Waals surface area contributed by atoms with Gasteiger partial charge in [-0.15, -0.1) is 0 Å². The molecule has 2 aromatic rings. The highest BCUT2D eigenvalue weighted by Gasteiger charge is 2.16. The second-order valence-corrected chi connectivity index (χ2v) is 5.17. The van der Waals surface area contributed by atoms with Crippen molar-refractivity contribution in [2.75, 3.05) is 29.9 Å². The molecule has 0 aliphatic carbocycles. The van der Waals surface area contributed by atoms with Gasteiger partial charge >= 0.3 is 0 Å². The minimum atomic E-state index is -0.0801. The summed E-state index contributed by atoms with van der Waals surface area (Å²) in [5, 5.41) is 0. The van der Waals surface area contributed by atoms with Gasteiger partial charge in [0, 0.05) is 32.5 Å². The van der Waals surface area contributed by atoms with Gasteiger partial charge in [-0.3, -0.25) is 9.78 Å². The summed E-state index contributed by atoms with van der Waals surface area (Å²) in [5.74, 6) is 0.872. The van der Waals surface area contributed by atoms with Crippen LogP contribution in [0.5, 0.6) is 0 Å². The van der Waals surface area contributed by atoms with Crippen molar-refractivity contribution in [2.45, 2.75) is 12.8 Å². The maximum absolute atomic E-state index is 12.4. The molecule has 0 atom stereocenters. The molecular formula is C16H18N4O. The average molecular weight is 282 g/mol. The van der Waals surface area contributed by atoms with Crippen LogP contribution in [-0.2, 0) is 0 Å². The highest BCUT2D eigenvalue weighted by atomic mass is 16.2. The Bertz CT molecular complexity index is 606. The number of rotatable bonds is 3. The first-order valence-electron chi connectivity index (χ1n) is 7.15. The zero-order chi connectivity index (χ0) is 14.7. The molecular weight excluding hydrogens is 264 g/mol. The summed E-state index contributed by atoms with van der Waals surface area (Å²) < 4.78 is 0. The first-order chi connectivity index (χ1) is 10.3. The molecule has 1 saturated heterocycles. The molecule has 0 saturated carbocycles. The molecule has 1 aliphatic heterocycles. The fourth-order valence-corrected chi connectivity index (χ4v) is 2.51. The smallest absolute Gasteiger partial charge is 0.259 e. The molecule has 3 heterocycles. The Kier molecular flexibility index (Phi) is 3.81. The standard InChI is InChI=1S/C16H18N4O/c1-19(14-5-4-8-17-12-14)16(21)13-6-7-15(18-11-13)20-9-2-3-10-20/h4-8,11-12H,2-3,9-10H2,1H3. The zero-order valence-electron chi connectivity index (χ0n) is 12.1. The van der Waals surface area contributed by atoms with Gasteiger partial charge in [-0.1, -0.05) is 0 Å². The Balaban J connectivity index is 1.75. The van der Waals surface area contributed by atoms with E-state index in [4.69, 9.17) is 0 Å². The van der Waals surface area contributed by atoms with E-state index in [-0.39, 0.29) is 5.91 Å².